The van der Waals surface area contributed by atoms with E-state index in [1.54, 1.807) is 0 Å². The number of rotatable bonds is 4. The van der Waals surface area contributed by atoms with E-state index in [9.17, 15) is 5.26 Å². The molecule has 1 saturated carbocycles. The molecule has 0 radical (unpaired) electrons. The van der Waals surface area contributed by atoms with E-state index in [1.165, 1.54) is 32.1 Å². The number of hydrogen-bond donors (Lipinski definition) is 0. The van der Waals surface area contributed by atoms with Crippen molar-refractivity contribution in [1.29, 1.82) is 5.26 Å². The normalized spacial score (nSPS) is 19.3. The van der Waals surface area contributed by atoms with Crippen molar-refractivity contribution >= 4 is 5.69 Å². The molecule has 4 heteroatoms. The van der Waals surface area contributed by atoms with Crippen LogP contribution in [0.1, 0.15) is 37.7 Å². The average Bonchev–Trinajstić information content (AvgIpc) is 3.57. The van der Waals surface area contributed by atoms with E-state index in [2.05, 4.69) is 23.1 Å². The van der Waals surface area contributed by atoms with Crippen LogP contribution in [0.4, 0.5) is 5.69 Å². The zero-order chi connectivity index (χ0) is 18.9. The van der Waals surface area contributed by atoms with Crippen LogP contribution in [0.25, 0.3) is 11.1 Å². The van der Waals surface area contributed by atoms with Gasteiger partial charge >= 0.3 is 0 Å². The number of nitrogens with zero attached hydrogens (tertiary/aromatic N) is 2. The highest BCUT2D eigenvalue weighted by atomic mass is 16.6. The molecule has 0 bridgehead atoms. The van der Waals surface area contributed by atoms with E-state index in [-0.39, 0.29) is 0 Å². The Balaban J connectivity index is 1.41. The molecule has 2 aliphatic heterocycles. The van der Waals surface area contributed by atoms with Crippen LogP contribution in [0.15, 0.2) is 36.4 Å². The van der Waals surface area contributed by atoms with Crippen molar-refractivity contribution in [3.8, 4) is 28.7 Å². The lowest BCUT2D eigenvalue weighted by molar-refractivity contribution is 0.171. The van der Waals surface area contributed by atoms with Gasteiger partial charge in [0.15, 0.2) is 11.5 Å². The van der Waals surface area contributed by atoms with Crippen molar-refractivity contribution in [3.05, 3.63) is 42.0 Å². The number of fused-ring (bicyclic) bond motifs is 1. The van der Waals surface area contributed by atoms with Crippen molar-refractivity contribution in [2.75, 3.05) is 31.2 Å². The van der Waals surface area contributed by atoms with Gasteiger partial charge in [0.1, 0.15) is 19.3 Å². The summed E-state index contributed by atoms with van der Waals surface area (Å²) in [6.45, 7) is 3.26. The second kappa shape index (κ2) is 7.39. The van der Waals surface area contributed by atoms with Crippen LogP contribution in [0.5, 0.6) is 11.5 Å². The Morgan fingerprint density at radius 2 is 1.68 bits per heavy atom. The third kappa shape index (κ3) is 3.42. The summed E-state index contributed by atoms with van der Waals surface area (Å²) in [5, 5.41) is 9.98. The molecule has 0 spiro atoms. The predicted octanol–water partition coefficient (Wildman–Crippen LogP) is 5.01. The lowest BCUT2D eigenvalue weighted by Crippen LogP contribution is -2.34. The summed E-state index contributed by atoms with van der Waals surface area (Å²) in [4.78, 5) is 2.41. The average molecular weight is 374 g/mol. The van der Waals surface area contributed by atoms with Crippen LogP contribution in [-0.4, -0.2) is 26.3 Å². The van der Waals surface area contributed by atoms with Crippen LogP contribution in [0.3, 0.4) is 0 Å². The predicted molar refractivity (Wildman–Crippen MR) is 110 cm³/mol. The largest absolute Gasteiger partial charge is 0.486 e. The third-order valence-corrected chi connectivity index (χ3v) is 6.33. The molecule has 5 rings (SSSR count). The maximum Gasteiger partial charge on any atom is 0.161 e. The summed E-state index contributed by atoms with van der Waals surface area (Å²) in [6, 6.07) is 14.6. The highest BCUT2D eigenvalue weighted by molar-refractivity contribution is 5.79. The Kier molecular flexibility index (Phi) is 4.60. The summed E-state index contributed by atoms with van der Waals surface area (Å²) in [5.74, 6) is 3.42. The van der Waals surface area contributed by atoms with E-state index in [0.717, 1.165) is 58.8 Å². The molecule has 2 aromatic carbocycles. The topological polar surface area (TPSA) is 45.5 Å². The summed E-state index contributed by atoms with van der Waals surface area (Å²) in [6.07, 6.45) is 6.79. The van der Waals surface area contributed by atoms with Gasteiger partial charge < -0.3 is 14.4 Å². The van der Waals surface area contributed by atoms with Gasteiger partial charge in [0.05, 0.1) is 11.3 Å². The highest BCUT2D eigenvalue weighted by Crippen LogP contribution is 2.40. The summed E-state index contributed by atoms with van der Waals surface area (Å²) < 4.78 is 11.4. The van der Waals surface area contributed by atoms with Gasteiger partial charge in [-0.1, -0.05) is 31.0 Å². The van der Waals surface area contributed by atoms with Gasteiger partial charge in [0.25, 0.3) is 0 Å². The molecule has 0 N–H and O–H groups in total. The minimum atomic E-state index is 0.567. The standard InChI is InChI=1S/C24H26N2O2/c25-16-21-20(19-6-7-23-24(15-19)28-13-12-27-23)2-1-3-22(21)26-10-8-18(9-11-26)14-17-4-5-17/h1-3,6-7,15,17-18H,4-5,8-14H2. The van der Waals surface area contributed by atoms with E-state index in [0.29, 0.717) is 13.2 Å². The van der Waals surface area contributed by atoms with E-state index in [4.69, 9.17) is 9.47 Å². The maximum absolute atomic E-state index is 9.98. The van der Waals surface area contributed by atoms with Crippen molar-refractivity contribution in [2.45, 2.75) is 32.1 Å². The molecular formula is C24H26N2O2. The Labute approximate surface area is 166 Å². The fourth-order valence-electron chi connectivity index (χ4n) is 4.61. The fourth-order valence-corrected chi connectivity index (χ4v) is 4.61. The van der Waals surface area contributed by atoms with Crippen molar-refractivity contribution in [3.63, 3.8) is 0 Å². The van der Waals surface area contributed by atoms with Crippen molar-refractivity contribution < 1.29 is 9.47 Å². The SMILES string of the molecule is N#Cc1c(-c2ccc3c(c2)OCCO3)cccc1N1CCC(CC2CC2)CC1. The minimum absolute atomic E-state index is 0.567. The minimum Gasteiger partial charge on any atom is -0.486 e. The third-order valence-electron chi connectivity index (χ3n) is 6.33. The van der Waals surface area contributed by atoms with Crippen LogP contribution in [0, 0.1) is 23.2 Å². The summed E-state index contributed by atoms with van der Waals surface area (Å²) in [5.41, 5.74) is 3.81. The van der Waals surface area contributed by atoms with Crippen LogP contribution < -0.4 is 14.4 Å². The summed E-state index contributed by atoms with van der Waals surface area (Å²) >= 11 is 0. The molecule has 2 aromatic rings. The molecule has 28 heavy (non-hydrogen) atoms. The van der Waals surface area contributed by atoms with Gasteiger partial charge in [-0.05, 0) is 54.9 Å². The molecule has 2 fully saturated rings. The second-order valence-electron chi connectivity index (χ2n) is 8.28. The molecular weight excluding hydrogens is 348 g/mol. The smallest absolute Gasteiger partial charge is 0.161 e. The molecule has 0 aromatic heterocycles. The first-order valence-corrected chi connectivity index (χ1v) is 10.5. The molecule has 1 saturated heterocycles. The number of benzene rings is 2. The van der Waals surface area contributed by atoms with Gasteiger partial charge in [0.2, 0.25) is 0 Å². The van der Waals surface area contributed by atoms with Crippen LogP contribution >= 0.6 is 0 Å². The monoisotopic (exact) mass is 374 g/mol. The first-order valence-electron chi connectivity index (χ1n) is 10.5. The van der Waals surface area contributed by atoms with Crippen LogP contribution in [-0.2, 0) is 0 Å². The lowest BCUT2D eigenvalue weighted by atomic mass is 9.90. The second-order valence-corrected chi connectivity index (χ2v) is 8.28. The lowest BCUT2D eigenvalue weighted by Gasteiger charge is -2.34. The highest BCUT2D eigenvalue weighted by Gasteiger charge is 2.29. The van der Waals surface area contributed by atoms with Crippen molar-refractivity contribution in [1.82, 2.24) is 0 Å². The number of nitriles is 1. The first-order chi connectivity index (χ1) is 13.8. The Morgan fingerprint density at radius 3 is 2.43 bits per heavy atom. The zero-order valence-electron chi connectivity index (χ0n) is 16.2. The molecule has 0 unspecified atom stereocenters. The Morgan fingerprint density at radius 1 is 0.929 bits per heavy atom. The molecule has 0 atom stereocenters. The van der Waals surface area contributed by atoms with Gasteiger partial charge in [-0.2, -0.15) is 5.26 Å². The molecule has 2 heterocycles. The van der Waals surface area contributed by atoms with Gasteiger partial charge in [-0.25, -0.2) is 0 Å². The maximum atomic E-state index is 9.98. The first kappa shape index (κ1) is 17.4. The van der Waals surface area contributed by atoms with Gasteiger partial charge in [-0.15, -0.1) is 0 Å². The van der Waals surface area contributed by atoms with Crippen LogP contribution in [0.2, 0.25) is 0 Å². The number of anilines is 1. The Bertz CT molecular complexity index is 905. The van der Waals surface area contributed by atoms with Gasteiger partial charge in [0, 0.05) is 18.7 Å². The van der Waals surface area contributed by atoms with E-state index >= 15 is 0 Å². The van der Waals surface area contributed by atoms with E-state index < -0.39 is 0 Å². The quantitative estimate of drug-likeness (QED) is 0.754. The number of hydrogen-bond acceptors (Lipinski definition) is 4. The number of ether oxygens (including phenoxy) is 2. The Hall–Kier alpha value is -2.67. The van der Waals surface area contributed by atoms with E-state index in [1.807, 2.05) is 24.3 Å². The van der Waals surface area contributed by atoms with Gasteiger partial charge in [-0.3, -0.25) is 0 Å². The number of piperidine rings is 1. The van der Waals surface area contributed by atoms with Crippen molar-refractivity contribution in [2.24, 2.45) is 11.8 Å². The zero-order valence-corrected chi connectivity index (χ0v) is 16.2. The summed E-state index contributed by atoms with van der Waals surface area (Å²) in [7, 11) is 0. The molecule has 144 valence electrons. The molecule has 3 aliphatic rings. The molecule has 0 amide bonds. The fraction of sp³-hybridized carbons (Fsp3) is 0.458. The molecule has 1 aliphatic carbocycles. The molecule has 4 nitrogen and oxygen atoms in total.